The maximum absolute atomic E-state index is 11.7. The standard InChI is InChI=1S/C12H26N2OS/c1-9(2)12(3,4)8-14-11(15)10(13)6-7-16-5/h9-10H,6-8,13H2,1-5H3,(H,14,15)/t10-/m0/s1. The molecule has 0 aromatic carbocycles. The molecular weight excluding hydrogens is 220 g/mol. The summed E-state index contributed by atoms with van der Waals surface area (Å²) in [6.07, 6.45) is 2.77. The van der Waals surface area contributed by atoms with Gasteiger partial charge in [0.15, 0.2) is 0 Å². The molecule has 96 valence electrons. The molecule has 0 aliphatic carbocycles. The van der Waals surface area contributed by atoms with Crippen LogP contribution in [0.1, 0.15) is 34.1 Å². The largest absolute Gasteiger partial charge is 0.354 e. The van der Waals surface area contributed by atoms with Gasteiger partial charge in [-0.3, -0.25) is 4.79 Å². The fourth-order valence-electron chi connectivity index (χ4n) is 1.03. The molecule has 0 spiro atoms. The number of nitrogens with two attached hydrogens (primary N) is 1. The number of carbonyl (C=O) groups excluding carboxylic acids is 1. The van der Waals surface area contributed by atoms with Crippen molar-refractivity contribution in [3.05, 3.63) is 0 Å². The highest BCUT2D eigenvalue weighted by atomic mass is 32.2. The third-order valence-electron chi connectivity index (χ3n) is 3.25. The van der Waals surface area contributed by atoms with E-state index in [0.717, 1.165) is 12.2 Å². The van der Waals surface area contributed by atoms with Crippen molar-refractivity contribution in [2.45, 2.75) is 40.2 Å². The van der Waals surface area contributed by atoms with E-state index in [4.69, 9.17) is 5.73 Å². The van der Waals surface area contributed by atoms with Crippen molar-refractivity contribution in [2.24, 2.45) is 17.1 Å². The molecule has 16 heavy (non-hydrogen) atoms. The van der Waals surface area contributed by atoms with Crippen molar-refractivity contribution in [1.29, 1.82) is 0 Å². The summed E-state index contributed by atoms with van der Waals surface area (Å²) in [5.41, 5.74) is 5.90. The summed E-state index contributed by atoms with van der Waals surface area (Å²) in [5, 5.41) is 2.94. The number of hydrogen-bond donors (Lipinski definition) is 2. The average molecular weight is 246 g/mol. The van der Waals surface area contributed by atoms with E-state index in [1.807, 2.05) is 6.26 Å². The highest BCUT2D eigenvalue weighted by Gasteiger charge is 2.24. The fraction of sp³-hybridized carbons (Fsp3) is 0.917. The fourth-order valence-corrected chi connectivity index (χ4v) is 1.52. The van der Waals surface area contributed by atoms with E-state index in [9.17, 15) is 4.79 Å². The molecule has 0 unspecified atom stereocenters. The van der Waals surface area contributed by atoms with Gasteiger partial charge in [-0.05, 0) is 29.8 Å². The van der Waals surface area contributed by atoms with Gasteiger partial charge in [-0.15, -0.1) is 0 Å². The van der Waals surface area contributed by atoms with Crippen LogP contribution in [0.25, 0.3) is 0 Å². The average Bonchev–Trinajstić information content (AvgIpc) is 2.22. The van der Waals surface area contributed by atoms with E-state index >= 15 is 0 Å². The van der Waals surface area contributed by atoms with Gasteiger partial charge in [-0.2, -0.15) is 11.8 Å². The topological polar surface area (TPSA) is 55.1 Å². The van der Waals surface area contributed by atoms with Crippen LogP contribution in [-0.4, -0.2) is 30.5 Å². The molecular formula is C12H26N2OS. The predicted octanol–water partition coefficient (Wildman–Crippen LogP) is 1.87. The number of hydrogen-bond acceptors (Lipinski definition) is 3. The number of thioether (sulfide) groups is 1. The second-order valence-corrected chi connectivity index (χ2v) is 6.23. The summed E-state index contributed by atoms with van der Waals surface area (Å²) >= 11 is 1.72. The van der Waals surface area contributed by atoms with Crippen LogP contribution in [-0.2, 0) is 4.79 Å². The molecule has 0 radical (unpaired) electrons. The molecule has 0 aromatic heterocycles. The molecule has 3 N–H and O–H groups in total. The minimum absolute atomic E-state index is 0.0252. The van der Waals surface area contributed by atoms with Crippen LogP contribution in [0.3, 0.4) is 0 Å². The number of rotatable bonds is 7. The van der Waals surface area contributed by atoms with Crippen LogP contribution in [0.2, 0.25) is 0 Å². The Labute approximate surface area is 104 Å². The lowest BCUT2D eigenvalue weighted by Crippen LogP contribution is -2.45. The molecule has 0 saturated heterocycles. The Kier molecular flexibility index (Phi) is 7.07. The van der Waals surface area contributed by atoms with Crippen molar-refractivity contribution in [3.63, 3.8) is 0 Å². The SMILES string of the molecule is CSCC[C@H](N)C(=O)NCC(C)(C)C(C)C. The Bertz CT molecular complexity index is 217. The number of amides is 1. The van der Waals surface area contributed by atoms with Crippen molar-refractivity contribution >= 4 is 17.7 Å². The second kappa shape index (κ2) is 7.17. The maximum atomic E-state index is 11.7. The molecule has 0 saturated carbocycles. The van der Waals surface area contributed by atoms with Gasteiger partial charge >= 0.3 is 0 Å². The minimum atomic E-state index is -0.365. The molecule has 1 atom stereocenters. The summed E-state index contributed by atoms with van der Waals surface area (Å²) in [5.74, 6) is 1.44. The summed E-state index contributed by atoms with van der Waals surface area (Å²) in [6, 6.07) is -0.365. The van der Waals surface area contributed by atoms with E-state index in [0.29, 0.717) is 12.5 Å². The zero-order valence-corrected chi connectivity index (χ0v) is 12.0. The monoisotopic (exact) mass is 246 g/mol. The predicted molar refractivity (Wildman–Crippen MR) is 72.6 cm³/mol. The van der Waals surface area contributed by atoms with Gasteiger partial charge in [0.1, 0.15) is 0 Å². The first-order valence-electron chi connectivity index (χ1n) is 5.83. The van der Waals surface area contributed by atoms with Gasteiger partial charge in [0.2, 0.25) is 5.91 Å². The lowest BCUT2D eigenvalue weighted by molar-refractivity contribution is -0.122. The molecule has 0 aliphatic heterocycles. The molecule has 3 nitrogen and oxygen atoms in total. The van der Waals surface area contributed by atoms with E-state index in [-0.39, 0.29) is 17.4 Å². The zero-order chi connectivity index (χ0) is 12.8. The molecule has 0 fully saturated rings. The molecule has 0 aliphatic rings. The Balaban J connectivity index is 3.97. The normalized spacial score (nSPS) is 13.9. The first-order chi connectivity index (χ1) is 7.31. The van der Waals surface area contributed by atoms with Crippen LogP contribution in [0.15, 0.2) is 0 Å². The van der Waals surface area contributed by atoms with E-state index in [1.54, 1.807) is 11.8 Å². The highest BCUT2D eigenvalue weighted by Crippen LogP contribution is 2.24. The third-order valence-corrected chi connectivity index (χ3v) is 3.89. The molecule has 0 rings (SSSR count). The van der Waals surface area contributed by atoms with Crippen LogP contribution in [0.5, 0.6) is 0 Å². The van der Waals surface area contributed by atoms with Crippen LogP contribution >= 0.6 is 11.8 Å². The first kappa shape index (κ1) is 15.8. The summed E-state index contributed by atoms with van der Waals surface area (Å²) in [6.45, 7) is 9.34. The zero-order valence-electron chi connectivity index (χ0n) is 11.2. The second-order valence-electron chi connectivity index (χ2n) is 5.25. The van der Waals surface area contributed by atoms with Gasteiger partial charge < -0.3 is 11.1 Å². The van der Waals surface area contributed by atoms with Gasteiger partial charge in [0, 0.05) is 6.54 Å². The van der Waals surface area contributed by atoms with E-state index in [1.165, 1.54) is 0 Å². The van der Waals surface area contributed by atoms with Gasteiger partial charge in [0.25, 0.3) is 0 Å². The van der Waals surface area contributed by atoms with Crippen LogP contribution in [0, 0.1) is 11.3 Å². The summed E-state index contributed by atoms with van der Waals surface area (Å²) in [4.78, 5) is 11.7. The molecule has 1 amide bonds. The molecule has 0 heterocycles. The van der Waals surface area contributed by atoms with Gasteiger partial charge in [-0.25, -0.2) is 0 Å². The lowest BCUT2D eigenvalue weighted by atomic mass is 9.81. The van der Waals surface area contributed by atoms with Gasteiger partial charge in [-0.1, -0.05) is 27.7 Å². The van der Waals surface area contributed by atoms with Crippen LogP contribution < -0.4 is 11.1 Å². The summed E-state index contributed by atoms with van der Waals surface area (Å²) < 4.78 is 0. The Morgan fingerprint density at radius 1 is 1.44 bits per heavy atom. The maximum Gasteiger partial charge on any atom is 0.236 e. The first-order valence-corrected chi connectivity index (χ1v) is 7.23. The van der Waals surface area contributed by atoms with E-state index in [2.05, 4.69) is 33.0 Å². The summed E-state index contributed by atoms with van der Waals surface area (Å²) in [7, 11) is 0. The molecule has 0 aromatic rings. The van der Waals surface area contributed by atoms with Crippen molar-refractivity contribution in [1.82, 2.24) is 5.32 Å². The molecule has 0 bridgehead atoms. The number of carbonyl (C=O) groups is 1. The van der Waals surface area contributed by atoms with Crippen molar-refractivity contribution < 1.29 is 4.79 Å². The highest BCUT2D eigenvalue weighted by molar-refractivity contribution is 7.98. The Morgan fingerprint density at radius 3 is 2.44 bits per heavy atom. The van der Waals surface area contributed by atoms with Gasteiger partial charge in [0.05, 0.1) is 6.04 Å². The lowest BCUT2D eigenvalue weighted by Gasteiger charge is -2.29. The van der Waals surface area contributed by atoms with Crippen molar-refractivity contribution in [3.8, 4) is 0 Å². The smallest absolute Gasteiger partial charge is 0.236 e. The third kappa shape index (κ3) is 5.75. The Hall–Kier alpha value is -0.220. The van der Waals surface area contributed by atoms with Crippen LogP contribution in [0.4, 0.5) is 0 Å². The van der Waals surface area contributed by atoms with E-state index < -0.39 is 0 Å². The molecule has 4 heteroatoms. The quantitative estimate of drug-likeness (QED) is 0.721. The minimum Gasteiger partial charge on any atom is -0.354 e. The van der Waals surface area contributed by atoms with Crippen molar-refractivity contribution in [2.75, 3.05) is 18.6 Å². The Morgan fingerprint density at radius 2 is 2.00 bits per heavy atom. The number of nitrogens with one attached hydrogen (secondary N) is 1.